The molecule has 0 saturated carbocycles. The van der Waals surface area contributed by atoms with Crippen LogP contribution in [-0.4, -0.2) is 20.4 Å². The Kier molecular flexibility index (Phi) is 1.91. The second-order valence-electron chi connectivity index (χ2n) is 1.90. The minimum atomic E-state index is 0. The van der Waals surface area contributed by atoms with Crippen LogP contribution in [0.15, 0.2) is 12.3 Å². The quantitative estimate of drug-likeness (QED) is 0.600. The van der Waals surface area contributed by atoms with Crippen molar-refractivity contribution in [1.29, 1.82) is 0 Å². The first-order chi connectivity index (χ1) is 4.88. The largest absolute Gasteiger partial charge is 0.397 e. The molecule has 0 atom stereocenters. The minimum absolute atomic E-state index is 0. The van der Waals surface area contributed by atoms with E-state index in [2.05, 4.69) is 20.4 Å². The molecule has 58 valence electrons. The van der Waals surface area contributed by atoms with Gasteiger partial charge < -0.3 is 5.73 Å². The number of halogens is 1. The normalized spacial score (nSPS) is 9.45. The number of rotatable bonds is 0. The second-order valence-corrected chi connectivity index (χ2v) is 1.90. The highest BCUT2D eigenvalue weighted by molar-refractivity contribution is 5.85. The Hall–Kier alpha value is -1.36. The fraction of sp³-hybridized carbons (Fsp3) is 0. The number of aromatic nitrogens is 4. The third-order valence-corrected chi connectivity index (χ3v) is 1.25. The molecule has 0 aliphatic heterocycles. The zero-order chi connectivity index (χ0) is 6.97. The van der Waals surface area contributed by atoms with Crippen molar-refractivity contribution in [3.8, 4) is 0 Å². The van der Waals surface area contributed by atoms with E-state index in [4.69, 9.17) is 5.73 Å². The lowest BCUT2D eigenvalue weighted by atomic mass is 10.4. The molecule has 2 aromatic heterocycles. The van der Waals surface area contributed by atoms with Gasteiger partial charge in [-0.15, -0.1) is 17.5 Å². The molecule has 0 bridgehead atoms. The highest BCUT2D eigenvalue weighted by Crippen LogP contribution is 2.11. The van der Waals surface area contributed by atoms with Crippen molar-refractivity contribution in [2.45, 2.75) is 0 Å². The van der Waals surface area contributed by atoms with Gasteiger partial charge in [0.15, 0.2) is 5.52 Å². The molecule has 0 unspecified atom stereocenters. The van der Waals surface area contributed by atoms with Crippen molar-refractivity contribution < 1.29 is 0 Å². The Balaban J connectivity index is 0.000000605. The molecule has 0 radical (unpaired) electrons. The molecule has 0 spiro atoms. The maximum absolute atomic E-state index is 5.54. The Morgan fingerprint density at radius 1 is 1.36 bits per heavy atom. The van der Waals surface area contributed by atoms with Gasteiger partial charge in [0.2, 0.25) is 5.65 Å². The SMILES string of the molecule is Cl.Nc1ccnc2n[nH]nc12. The van der Waals surface area contributed by atoms with Gasteiger partial charge in [-0.2, -0.15) is 10.3 Å². The molecule has 0 aliphatic rings. The summed E-state index contributed by atoms with van der Waals surface area (Å²) in [5.74, 6) is 0. The molecule has 11 heavy (non-hydrogen) atoms. The predicted molar refractivity (Wildman–Crippen MR) is 43.3 cm³/mol. The molecule has 0 aliphatic carbocycles. The Morgan fingerprint density at radius 2 is 2.18 bits per heavy atom. The second kappa shape index (κ2) is 2.71. The van der Waals surface area contributed by atoms with E-state index in [9.17, 15) is 0 Å². The third-order valence-electron chi connectivity index (χ3n) is 1.25. The number of nitrogens with zero attached hydrogens (tertiary/aromatic N) is 3. The number of fused-ring (bicyclic) bond motifs is 1. The van der Waals surface area contributed by atoms with Gasteiger partial charge in [0.05, 0.1) is 5.69 Å². The molecule has 2 aromatic rings. The topological polar surface area (TPSA) is 80.5 Å². The summed E-state index contributed by atoms with van der Waals surface area (Å²) in [5.41, 5.74) is 7.32. The van der Waals surface area contributed by atoms with Crippen molar-refractivity contribution in [2.75, 3.05) is 5.73 Å². The van der Waals surface area contributed by atoms with Gasteiger partial charge in [0.1, 0.15) is 0 Å². The number of hydrogen-bond donors (Lipinski definition) is 2. The van der Waals surface area contributed by atoms with E-state index in [0.29, 0.717) is 16.9 Å². The summed E-state index contributed by atoms with van der Waals surface area (Å²) in [6, 6.07) is 1.69. The van der Waals surface area contributed by atoms with E-state index in [0.717, 1.165) is 0 Å². The smallest absolute Gasteiger partial charge is 0.203 e. The van der Waals surface area contributed by atoms with Crippen molar-refractivity contribution in [2.24, 2.45) is 0 Å². The van der Waals surface area contributed by atoms with Crippen LogP contribution < -0.4 is 5.73 Å². The molecule has 3 N–H and O–H groups in total. The van der Waals surface area contributed by atoms with Gasteiger partial charge in [0, 0.05) is 6.20 Å². The lowest BCUT2D eigenvalue weighted by molar-refractivity contribution is 0.955. The van der Waals surface area contributed by atoms with Gasteiger partial charge in [-0.25, -0.2) is 4.98 Å². The number of nitrogen functional groups attached to an aromatic ring is 1. The van der Waals surface area contributed by atoms with E-state index in [1.165, 1.54) is 0 Å². The summed E-state index contributed by atoms with van der Waals surface area (Å²) in [6.45, 7) is 0. The van der Waals surface area contributed by atoms with Gasteiger partial charge in [-0.1, -0.05) is 0 Å². The molecule has 0 aromatic carbocycles. The molecule has 2 rings (SSSR count). The molecule has 6 heteroatoms. The Bertz CT molecular complexity index is 356. The summed E-state index contributed by atoms with van der Waals surface area (Å²) in [7, 11) is 0. The first-order valence-corrected chi connectivity index (χ1v) is 2.79. The first-order valence-electron chi connectivity index (χ1n) is 2.79. The molecule has 0 amide bonds. The number of hydrogen-bond acceptors (Lipinski definition) is 4. The van der Waals surface area contributed by atoms with Crippen LogP contribution >= 0.6 is 12.4 Å². The lowest BCUT2D eigenvalue weighted by Gasteiger charge is -1.87. The Labute approximate surface area is 68.4 Å². The minimum Gasteiger partial charge on any atom is -0.397 e. The van der Waals surface area contributed by atoms with Crippen LogP contribution in [0, 0.1) is 0 Å². The first kappa shape index (κ1) is 7.74. The van der Waals surface area contributed by atoms with E-state index >= 15 is 0 Å². The Morgan fingerprint density at radius 3 is 2.91 bits per heavy atom. The van der Waals surface area contributed by atoms with Crippen LogP contribution in [0.4, 0.5) is 5.69 Å². The monoisotopic (exact) mass is 171 g/mol. The summed E-state index contributed by atoms with van der Waals surface area (Å²) < 4.78 is 0. The molecule has 0 saturated heterocycles. The predicted octanol–water partition coefficient (Wildman–Crippen LogP) is 0.357. The van der Waals surface area contributed by atoms with Crippen LogP contribution in [0.5, 0.6) is 0 Å². The average Bonchev–Trinajstić information content (AvgIpc) is 2.36. The van der Waals surface area contributed by atoms with E-state index in [1.54, 1.807) is 12.3 Å². The fourth-order valence-corrected chi connectivity index (χ4v) is 0.776. The summed E-state index contributed by atoms with van der Waals surface area (Å²) in [5, 5.41) is 9.98. The zero-order valence-electron chi connectivity index (χ0n) is 5.48. The number of pyridine rings is 1. The van der Waals surface area contributed by atoms with E-state index in [1.807, 2.05) is 0 Å². The summed E-state index contributed by atoms with van der Waals surface area (Å²) in [6.07, 6.45) is 1.60. The van der Waals surface area contributed by atoms with E-state index in [-0.39, 0.29) is 12.4 Å². The van der Waals surface area contributed by atoms with Crippen molar-refractivity contribution in [3.63, 3.8) is 0 Å². The van der Waals surface area contributed by atoms with E-state index < -0.39 is 0 Å². The number of aromatic amines is 1. The molecule has 2 heterocycles. The van der Waals surface area contributed by atoms with Crippen molar-refractivity contribution in [3.05, 3.63) is 12.3 Å². The number of H-pyrrole nitrogens is 1. The van der Waals surface area contributed by atoms with Crippen LogP contribution in [0.3, 0.4) is 0 Å². The highest BCUT2D eigenvalue weighted by atomic mass is 35.5. The maximum Gasteiger partial charge on any atom is 0.203 e. The number of nitrogens with two attached hydrogens (primary N) is 1. The number of anilines is 1. The maximum atomic E-state index is 5.54. The molecule has 5 nitrogen and oxygen atoms in total. The van der Waals surface area contributed by atoms with Gasteiger partial charge in [0.25, 0.3) is 0 Å². The summed E-state index contributed by atoms with van der Waals surface area (Å²) in [4.78, 5) is 3.92. The van der Waals surface area contributed by atoms with Crippen LogP contribution in [0.1, 0.15) is 0 Å². The van der Waals surface area contributed by atoms with Gasteiger partial charge >= 0.3 is 0 Å². The molecular weight excluding hydrogens is 166 g/mol. The van der Waals surface area contributed by atoms with Gasteiger partial charge in [-0.05, 0) is 6.07 Å². The lowest BCUT2D eigenvalue weighted by Crippen LogP contribution is -1.86. The fourth-order valence-electron chi connectivity index (χ4n) is 0.776. The van der Waals surface area contributed by atoms with Crippen LogP contribution in [0.2, 0.25) is 0 Å². The zero-order valence-corrected chi connectivity index (χ0v) is 6.30. The third kappa shape index (κ3) is 1.10. The molecular formula is C5H6ClN5. The average molecular weight is 172 g/mol. The highest BCUT2D eigenvalue weighted by Gasteiger charge is 1.99. The van der Waals surface area contributed by atoms with Crippen molar-refractivity contribution >= 4 is 29.3 Å². The standard InChI is InChI=1S/C5H5N5.ClH/c6-3-1-2-7-5-4(3)8-10-9-5;/h1-2H,(H3,6,7,8,9,10);1H. The molecule has 0 fully saturated rings. The van der Waals surface area contributed by atoms with Crippen LogP contribution in [-0.2, 0) is 0 Å². The van der Waals surface area contributed by atoms with Gasteiger partial charge in [-0.3, -0.25) is 0 Å². The van der Waals surface area contributed by atoms with Crippen molar-refractivity contribution in [1.82, 2.24) is 20.4 Å². The summed E-state index contributed by atoms with van der Waals surface area (Å²) >= 11 is 0. The number of nitrogens with one attached hydrogen (secondary N) is 1. The van der Waals surface area contributed by atoms with Crippen LogP contribution in [0.25, 0.3) is 11.2 Å².